The van der Waals surface area contributed by atoms with Gasteiger partial charge in [-0.05, 0) is 19.1 Å². The zero-order chi connectivity index (χ0) is 9.84. The third kappa shape index (κ3) is 2.26. The highest BCUT2D eigenvalue weighted by Crippen LogP contribution is 2.02. The number of primary amides is 1. The number of nitrogens with two attached hydrogens (primary N) is 1. The molecule has 3 N–H and O–H groups in total. The van der Waals surface area contributed by atoms with Crippen LogP contribution >= 0.6 is 0 Å². The van der Waals surface area contributed by atoms with Crippen molar-refractivity contribution in [3.63, 3.8) is 0 Å². The Bertz CT molecular complexity index is 349. The maximum absolute atomic E-state index is 11.2. The number of rotatable bonds is 1. The molecule has 1 aromatic rings. The van der Waals surface area contributed by atoms with Crippen molar-refractivity contribution in [2.45, 2.75) is 6.92 Å². The van der Waals surface area contributed by atoms with Gasteiger partial charge < -0.3 is 5.73 Å². The van der Waals surface area contributed by atoms with Gasteiger partial charge in [-0.1, -0.05) is 0 Å². The van der Waals surface area contributed by atoms with E-state index in [2.05, 4.69) is 4.98 Å². The monoisotopic (exact) mass is 179 g/mol. The third-order valence-corrected chi connectivity index (χ3v) is 1.49. The van der Waals surface area contributed by atoms with E-state index in [1.165, 1.54) is 0 Å². The SMILES string of the molecule is Cc1ncccc1C(=O)NC(N)=O. The van der Waals surface area contributed by atoms with Crippen LogP contribution in [0.25, 0.3) is 0 Å². The maximum atomic E-state index is 11.2. The second-order valence-corrected chi connectivity index (χ2v) is 2.45. The summed E-state index contributed by atoms with van der Waals surface area (Å²) in [4.78, 5) is 25.5. The molecule has 0 atom stereocenters. The number of nitrogens with one attached hydrogen (secondary N) is 1. The van der Waals surface area contributed by atoms with Crippen molar-refractivity contribution >= 4 is 11.9 Å². The minimum atomic E-state index is -0.867. The van der Waals surface area contributed by atoms with Gasteiger partial charge in [-0.25, -0.2) is 4.79 Å². The molecule has 1 rings (SSSR count). The van der Waals surface area contributed by atoms with Crippen LogP contribution in [0.2, 0.25) is 0 Å². The molecule has 0 bridgehead atoms. The number of hydrogen-bond acceptors (Lipinski definition) is 3. The molecule has 1 heterocycles. The molecule has 0 aliphatic carbocycles. The van der Waals surface area contributed by atoms with Crippen LogP contribution in [-0.2, 0) is 0 Å². The molecule has 0 fully saturated rings. The molecular formula is C8H9N3O2. The van der Waals surface area contributed by atoms with Crippen LogP contribution in [0.5, 0.6) is 0 Å². The zero-order valence-corrected chi connectivity index (χ0v) is 7.07. The smallest absolute Gasteiger partial charge is 0.319 e. The van der Waals surface area contributed by atoms with E-state index in [4.69, 9.17) is 5.73 Å². The Labute approximate surface area is 75.0 Å². The number of urea groups is 1. The van der Waals surface area contributed by atoms with E-state index in [0.29, 0.717) is 11.3 Å². The van der Waals surface area contributed by atoms with Crippen LogP contribution in [0.1, 0.15) is 16.1 Å². The van der Waals surface area contributed by atoms with Gasteiger partial charge in [0.15, 0.2) is 0 Å². The van der Waals surface area contributed by atoms with Crippen LogP contribution in [0.4, 0.5) is 4.79 Å². The second kappa shape index (κ2) is 3.66. The van der Waals surface area contributed by atoms with Crippen molar-refractivity contribution in [1.29, 1.82) is 0 Å². The van der Waals surface area contributed by atoms with Crippen molar-refractivity contribution in [2.24, 2.45) is 5.73 Å². The third-order valence-electron chi connectivity index (χ3n) is 1.49. The highest BCUT2D eigenvalue weighted by molar-refractivity contribution is 6.04. The van der Waals surface area contributed by atoms with Crippen LogP contribution in [0.3, 0.4) is 0 Å². The van der Waals surface area contributed by atoms with Crippen molar-refractivity contribution in [1.82, 2.24) is 10.3 Å². The molecule has 5 heteroatoms. The molecule has 0 radical (unpaired) electrons. The van der Waals surface area contributed by atoms with E-state index in [9.17, 15) is 9.59 Å². The molecule has 0 saturated carbocycles. The minimum absolute atomic E-state index is 0.348. The fourth-order valence-corrected chi connectivity index (χ4v) is 0.903. The molecule has 0 aliphatic rings. The van der Waals surface area contributed by atoms with Crippen molar-refractivity contribution in [3.05, 3.63) is 29.6 Å². The van der Waals surface area contributed by atoms with Gasteiger partial charge in [-0.3, -0.25) is 15.1 Å². The molecule has 5 nitrogen and oxygen atoms in total. The summed E-state index contributed by atoms with van der Waals surface area (Å²) >= 11 is 0. The Morgan fingerprint density at radius 2 is 2.23 bits per heavy atom. The first-order valence-corrected chi connectivity index (χ1v) is 3.63. The highest BCUT2D eigenvalue weighted by Gasteiger charge is 2.09. The standard InChI is InChI=1S/C8H9N3O2/c1-5-6(3-2-4-10-5)7(12)11-8(9)13/h2-4H,1H3,(H3,9,11,12,13). The average molecular weight is 179 g/mol. The number of imide groups is 1. The van der Waals surface area contributed by atoms with Crippen molar-refractivity contribution in [2.75, 3.05) is 0 Å². The first kappa shape index (κ1) is 9.18. The molecule has 1 aromatic heterocycles. The summed E-state index contributed by atoms with van der Waals surface area (Å²) in [6.07, 6.45) is 1.57. The molecule has 0 aromatic carbocycles. The predicted molar refractivity (Wildman–Crippen MR) is 46.0 cm³/mol. The quantitative estimate of drug-likeness (QED) is 0.645. The second-order valence-electron chi connectivity index (χ2n) is 2.45. The lowest BCUT2D eigenvalue weighted by atomic mass is 10.2. The molecule has 0 unspecified atom stereocenters. The number of pyridine rings is 1. The largest absolute Gasteiger partial charge is 0.351 e. The Kier molecular flexibility index (Phi) is 2.59. The Morgan fingerprint density at radius 3 is 2.77 bits per heavy atom. The van der Waals surface area contributed by atoms with E-state index in [-0.39, 0.29) is 0 Å². The minimum Gasteiger partial charge on any atom is -0.351 e. The molecule has 0 spiro atoms. The summed E-state index contributed by atoms with van der Waals surface area (Å²) in [6.45, 7) is 1.68. The number of hydrogen-bond donors (Lipinski definition) is 2. The topological polar surface area (TPSA) is 85.1 Å². The molecule has 3 amide bonds. The normalized spacial score (nSPS) is 9.31. The van der Waals surface area contributed by atoms with Gasteiger partial charge in [-0.2, -0.15) is 0 Å². The summed E-state index contributed by atoms with van der Waals surface area (Å²) in [5.41, 5.74) is 5.69. The molecule has 13 heavy (non-hydrogen) atoms. The van der Waals surface area contributed by atoms with Gasteiger partial charge in [0.1, 0.15) is 0 Å². The van der Waals surface area contributed by atoms with Crippen LogP contribution in [-0.4, -0.2) is 16.9 Å². The van der Waals surface area contributed by atoms with Gasteiger partial charge in [0.05, 0.1) is 5.56 Å². The number of nitrogens with zero attached hydrogens (tertiary/aromatic N) is 1. The zero-order valence-electron chi connectivity index (χ0n) is 7.07. The van der Waals surface area contributed by atoms with E-state index in [1.54, 1.807) is 25.3 Å². The van der Waals surface area contributed by atoms with Gasteiger partial charge >= 0.3 is 6.03 Å². The summed E-state index contributed by atoms with van der Waals surface area (Å²) in [6, 6.07) is 2.32. The van der Waals surface area contributed by atoms with E-state index in [0.717, 1.165) is 0 Å². The average Bonchev–Trinajstić information content (AvgIpc) is 2.03. The van der Waals surface area contributed by atoms with Crippen molar-refractivity contribution < 1.29 is 9.59 Å². The predicted octanol–water partition coefficient (Wildman–Crippen LogP) is 0.199. The lowest BCUT2D eigenvalue weighted by Crippen LogP contribution is -2.35. The summed E-state index contributed by atoms with van der Waals surface area (Å²) < 4.78 is 0. The van der Waals surface area contributed by atoms with Crippen LogP contribution in [0.15, 0.2) is 18.3 Å². The Hall–Kier alpha value is -1.91. The summed E-state index contributed by atoms with van der Waals surface area (Å²) in [7, 11) is 0. The van der Waals surface area contributed by atoms with Gasteiger partial charge in [0.25, 0.3) is 5.91 Å². The first-order valence-electron chi connectivity index (χ1n) is 3.63. The maximum Gasteiger partial charge on any atom is 0.319 e. The fraction of sp³-hybridized carbons (Fsp3) is 0.125. The van der Waals surface area contributed by atoms with Crippen LogP contribution in [0, 0.1) is 6.92 Å². The van der Waals surface area contributed by atoms with Gasteiger partial charge in [0.2, 0.25) is 0 Å². The highest BCUT2D eigenvalue weighted by atomic mass is 16.2. The molecule has 0 aliphatic heterocycles. The summed E-state index contributed by atoms with van der Waals surface area (Å²) in [5.74, 6) is -0.530. The summed E-state index contributed by atoms with van der Waals surface area (Å²) in [5, 5.41) is 1.96. The molecule has 0 saturated heterocycles. The number of aromatic nitrogens is 1. The molecular weight excluding hydrogens is 170 g/mol. The van der Waals surface area contributed by atoms with E-state index in [1.807, 2.05) is 5.32 Å². The van der Waals surface area contributed by atoms with Gasteiger partial charge in [0, 0.05) is 11.9 Å². The first-order chi connectivity index (χ1) is 6.11. The lowest BCUT2D eigenvalue weighted by molar-refractivity contribution is 0.0965. The van der Waals surface area contributed by atoms with Crippen molar-refractivity contribution in [3.8, 4) is 0 Å². The lowest BCUT2D eigenvalue weighted by Gasteiger charge is -2.02. The number of carbonyl (C=O) groups is 2. The fourth-order valence-electron chi connectivity index (χ4n) is 0.903. The Morgan fingerprint density at radius 1 is 1.54 bits per heavy atom. The Balaban J connectivity index is 2.89. The number of aryl methyl sites for hydroxylation is 1. The van der Waals surface area contributed by atoms with Crippen LogP contribution < -0.4 is 11.1 Å². The van der Waals surface area contributed by atoms with Gasteiger partial charge in [-0.15, -0.1) is 0 Å². The van der Waals surface area contributed by atoms with E-state index < -0.39 is 11.9 Å². The molecule has 68 valence electrons. The number of amides is 3. The number of carbonyl (C=O) groups excluding carboxylic acids is 2. The van der Waals surface area contributed by atoms with E-state index >= 15 is 0 Å².